The van der Waals surface area contributed by atoms with E-state index in [4.69, 9.17) is 9.72 Å². The van der Waals surface area contributed by atoms with Gasteiger partial charge in [-0.05, 0) is 37.1 Å². The van der Waals surface area contributed by atoms with Crippen molar-refractivity contribution in [1.82, 2.24) is 9.55 Å². The van der Waals surface area contributed by atoms with E-state index in [1.54, 1.807) is 0 Å². The first-order chi connectivity index (χ1) is 10.9. The van der Waals surface area contributed by atoms with Crippen LogP contribution in [0.4, 0.5) is 0 Å². The summed E-state index contributed by atoms with van der Waals surface area (Å²) in [5.41, 5.74) is 2.34. The van der Waals surface area contributed by atoms with Crippen molar-refractivity contribution in [3.05, 3.63) is 60.4 Å². The molecule has 0 saturated carbocycles. The summed E-state index contributed by atoms with van der Waals surface area (Å²) in [7, 11) is 0. The van der Waals surface area contributed by atoms with E-state index in [1.165, 1.54) is 11.3 Å². The first-order valence-electron chi connectivity index (χ1n) is 8.00. The molecule has 114 valence electrons. The molecule has 22 heavy (non-hydrogen) atoms. The smallest absolute Gasteiger partial charge is 0.119 e. The molecule has 0 bridgehead atoms. The molecular weight excluding hydrogens is 272 g/mol. The molecule has 0 aliphatic carbocycles. The molecule has 0 radical (unpaired) electrons. The maximum atomic E-state index is 5.74. The Balaban J connectivity index is 1.55. The highest BCUT2D eigenvalue weighted by Crippen LogP contribution is 2.17. The lowest BCUT2D eigenvalue weighted by Crippen LogP contribution is -2.05. The Morgan fingerprint density at radius 3 is 2.55 bits per heavy atom. The van der Waals surface area contributed by atoms with Crippen molar-refractivity contribution in [2.24, 2.45) is 0 Å². The first-order valence-corrected chi connectivity index (χ1v) is 8.00. The van der Waals surface area contributed by atoms with Gasteiger partial charge >= 0.3 is 0 Å². The molecule has 0 fully saturated rings. The van der Waals surface area contributed by atoms with Gasteiger partial charge in [0, 0.05) is 13.0 Å². The van der Waals surface area contributed by atoms with Crippen molar-refractivity contribution in [3.8, 4) is 5.75 Å². The SMILES string of the molecule is CCc1nc2ccccc2n1CCCCOc1ccccc1. The zero-order valence-corrected chi connectivity index (χ0v) is 13.0. The maximum Gasteiger partial charge on any atom is 0.119 e. The second-order valence-corrected chi connectivity index (χ2v) is 5.39. The molecule has 2 aromatic carbocycles. The third kappa shape index (κ3) is 3.30. The molecule has 0 atom stereocenters. The van der Waals surface area contributed by atoms with E-state index in [0.29, 0.717) is 0 Å². The van der Waals surface area contributed by atoms with Gasteiger partial charge in [0.1, 0.15) is 11.6 Å². The van der Waals surface area contributed by atoms with Crippen LogP contribution in [0.2, 0.25) is 0 Å². The minimum absolute atomic E-state index is 0.762. The minimum Gasteiger partial charge on any atom is -0.494 e. The van der Waals surface area contributed by atoms with Gasteiger partial charge in [-0.1, -0.05) is 37.3 Å². The van der Waals surface area contributed by atoms with Crippen molar-refractivity contribution in [2.45, 2.75) is 32.7 Å². The Bertz CT molecular complexity index is 719. The van der Waals surface area contributed by atoms with Crippen LogP contribution in [0.15, 0.2) is 54.6 Å². The molecule has 0 amide bonds. The lowest BCUT2D eigenvalue weighted by atomic mass is 10.3. The summed E-state index contributed by atoms with van der Waals surface area (Å²) in [6.07, 6.45) is 3.11. The number of fused-ring (bicyclic) bond motifs is 1. The number of imidazole rings is 1. The van der Waals surface area contributed by atoms with Crippen LogP contribution in [0.3, 0.4) is 0 Å². The van der Waals surface area contributed by atoms with Gasteiger partial charge in [-0.25, -0.2) is 4.98 Å². The summed E-state index contributed by atoms with van der Waals surface area (Å²) >= 11 is 0. The van der Waals surface area contributed by atoms with E-state index in [2.05, 4.69) is 29.7 Å². The molecule has 1 heterocycles. The molecule has 3 heteroatoms. The maximum absolute atomic E-state index is 5.74. The Morgan fingerprint density at radius 2 is 1.73 bits per heavy atom. The van der Waals surface area contributed by atoms with Gasteiger partial charge in [0.2, 0.25) is 0 Å². The quantitative estimate of drug-likeness (QED) is 0.602. The summed E-state index contributed by atoms with van der Waals surface area (Å²) in [6.45, 7) is 3.93. The predicted octanol–water partition coefficient (Wildman–Crippen LogP) is 4.46. The average molecular weight is 294 g/mol. The van der Waals surface area contributed by atoms with Gasteiger partial charge in [0.05, 0.1) is 17.6 Å². The number of para-hydroxylation sites is 3. The van der Waals surface area contributed by atoms with Crippen molar-refractivity contribution in [1.29, 1.82) is 0 Å². The number of benzene rings is 2. The molecule has 1 aromatic heterocycles. The van der Waals surface area contributed by atoms with Crippen molar-refractivity contribution >= 4 is 11.0 Å². The number of ether oxygens (including phenoxy) is 1. The van der Waals surface area contributed by atoms with Gasteiger partial charge in [0.15, 0.2) is 0 Å². The zero-order chi connectivity index (χ0) is 15.2. The van der Waals surface area contributed by atoms with E-state index in [-0.39, 0.29) is 0 Å². The first kappa shape index (κ1) is 14.6. The van der Waals surface area contributed by atoms with Crippen molar-refractivity contribution in [3.63, 3.8) is 0 Å². The van der Waals surface area contributed by atoms with Gasteiger partial charge in [-0.15, -0.1) is 0 Å². The van der Waals surface area contributed by atoms with Crippen molar-refractivity contribution in [2.75, 3.05) is 6.61 Å². The van der Waals surface area contributed by atoms with E-state index in [1.807, 2.05) is 36.4 Å². The standard InChI is InChI=1S/C19H22N2O/c1-2-19-20-17-12-6-7-13-18(17)21(19)14-8-9-15-22-16-10-4-3-5-11-16/h3-7,10-13H,2,8-9,14-15H2,1H3. The molecular formula is C19H22N2O. The Kier molecular flexibility index (Phi) is 4.74. The van der Waals surface area contributed by atoms with Crippen LogP contribution in [0.1, 0.15) is 25.6 Å². The summed E-state index contributed by atoms with van der Waals surface area (Å²) in [5.74, 6) is 2.12. The van der Waals surface area contributed by atoms with Crippen LogP contribution in [0, 0.1) is 0 Å². The van der Waals surface area contributed by atoms with Gasteiger partial charge in [-0.3, -0.25) is 0 Å². The van der Waals surface area contributed by atoms with E-state index in [0.717, 1.165) is 43.7 Å². The van der Waals surface area contributed by atoms with Crippen LogP contribution >= 0.6 is 0 Å². The minimum atomic E-state index is 0.762. The van der Waals surface area contributed by atoms with Crippen LogP contribution in [0.5, 0.6) is 5.75 Å². The van der Waals surface area contributed by atoms with Crippen molar-refractivity contribution < 1.29 is 4.74 Å². The summed E-state index contributed by atoms with van der Waals surface area (Å²) in [5, 5.41) is 0. The Hall–Kier alpha value is -2.29. The highest BCUT2D eigenvalue weighted by Gasteiger charge is 2.08. The Labute approximate surface area is 131 Å². The second-order valence-electron chi connectivity index (χ2n) is 5.39. The number of hydrogen-bond donors (Lipinski definition) is 0. The number of aryl methyl sites for hydroxylation is 2. The molecule has 3 rings (SSSR count). The Morgan fingerprint density at radius 1 is 0.955 bits per heavy atom. The number of aromatic nitrogens is 2. The van der Waals surface area contributed by atoms with Gasteiger partial charge in [0.25, 0.3) is 0 Å². The molecule has 0 saturated heterocycles. The molecule has 3 nitrogen and oxygen atoms in total. The number of unbranched alkanes of at least 4 members (excludes halogenated alkanes) is 1. The third-order valence-corrected chi connectivity index (χ3v) is 3.84. The normalized spacial score (nSPS) is 11.0. The lowest BCUT2D eigenvalue weighted by Gasteiger charge is -2.09. The second kappa shape index (κ2) is 7.12. The molecule has 3 aromatic rings. The molecule has 0 N–H and O–H groups in total. The predicted molar refractivity (Wildman–Crippen MR) is 90.3 cm³/mol. The highest BCUT2D eigenvalue weighted by molar-refractivity contribution is 5.75. The number of rotatable bonds is 7. The van der Waals surface area contributed by atoms with Gasteiger partial charge in [-0.2, -0.15) is 0 Å². The van der Waals surface area contributed by atoms with Crippen LogP contribution in [0.25, 0.3) is 11.0 Å². The van der Waals surface area contributed by atoms with Crippen LogP contribution in [-0.2, 0) is 13.0 Å². The lowest BCUT2D eigenvalue weighted by molar-refractivity contribution is 0.303. The topological polar surface area (TPSA) is 27.1 Å². The van der Waals surface area contributed by atoms with Crippen LogP contribution in [-0.4, -0.2) is 16.2 Å². The van der Waals surface area contributed by atoms with E-state index in [9.17, 15) is 0 Å². The van der Waals surface area contributed by atoms with E-state index < -0.39 is 0 Å². The zero-order valence-electron chi connectivity index (χ0n) is 13.0. The van der Waals surface area contributed by atoms with Gasteiger partial charge < -0.3 is 9.30 Å². The summed E-state index contributed by atoms with van der Waals surface area (Å²) in [6, 6.07) is 18.4. The monoisotopic (exact) mass is 294 g/mol. The highest BCUT2D eigenvalue weighted by atomic mass is 16.5. The fourth-order valence-electron chi connectivity index (χ4n) is 2.72. The van der Waals surface area contributed by atoms with E-state index >= 15 is 0 Å². The summed E-state index contributed by atoms with van der Waals surface area (Å²) < 4.78 is 8.09. The molecule has 0 spiro atoms. The summed E-state index contributed by atoms with van der Waals surface area (Å²) in [4.78, 5) is 4.71. The molecule has 0 unspecified atom stereocenters. The average Bonchev–Trinajstić information content (AvgIpc) is 2.93. The largest absolute Gasteiger partial charge is 0.494 e. The number of hydrogen-bond acceptors (Lipinski definition) is 2. The fourth-order valence-corrected chi connectivity index (χ4v) is 2.72. The molecule has 0 aliphatic heterocycles. The number of nitrogens with zero attached hydrogens (tertiary/aromatic N) is 2. The molecule has 0 aliphatic rings. The third-order valence-electron chi connectivity index (χ3n) is 3.84. The fraction of sp³-hybridized carbons (Fsp3) is 0.316. The van der Waals surface area contributed by atoms with Crippen LogP contribution < -0.4 is 4.74 Å².